The van der Waals surface area contributed by atoms with Gasteiger partial charge >= 0.3 is 0 Å². The van der Waals surface area contributed by atoms with Crippen molar-refractivity contribution in [1.29, 1.82) is 0 Å². The maximum Gasteiger partial charge on any atom is 0.226 e. The van der Waals surface area contributed by atoms with E-state index >= 15 is 0 Å². The van der Waals surface area contributed by atoms with Crippen molar-refractivity contribution in [3.8, 4) is 0 Å². The van der Waals surface area contributed by atoms with Gasteiger partial charge in [0, 0.05) is 10.5 Å². The third kappa shape index (κ3) is 3.20. The van der Waals surface area contributed by atoms with Crippen molar-refractivity contribution < 1.29 is 14.9 Å². The van der Waals surface area contributed by atoms with Gasteiger partial charge in [-0.3, -0.25) is 4.57 Å². The minimum atomic E-state index is -1.06. The zero-order chi connectivity index (χ0) is 17.6. The molecule has 0 unspecified atom stereocenters. The van der Waals surface area contributed by atoms with Gasteiger partial charge in [-0.1, -0.05) is 35.4 Å². The number of rotatable bonds is 4. The molecule has 0 bridgehead atoms. The Hall–Kier alpha value is -0.750. The van der Waals surface area contributed by atoms with Gasteiger partial charge in [0.25, 0.3) is 0 Å². The molecule has 1 aliphatic heterocycles. The fourth-order valence-corrected chi connectivity index (χ4v) is 4.42. The smallest absolute Gasteiger partial charge is 0.226 e. The van der Waals surface area contributed by atoms with Crippen molar-refractivity contribution in [3.63, 3.8) is 0 Å². The van der Waals surface area contributed by atoms with Gasteiger partial charge in [0.05, 0.1) is 12.4 Å². The Morgan fingerprint density at radius 2 is 2.04 bits per heavy atom. The van der Waals surface area contributed by atoms with Gasteiger partial charge in [-0.25, -0.2) is 4.98 Å². The fraction of sp³-hybridized carbons (Fsp3) is 0.667. The van der Waals surface area contributed by atoms with E-state index in [1.807, 2.05) is 0 Å². The van der Waals surface area contributed by atoms with Crippen LogP contribution in [0.15, 0.2) is 6.33 Å². The largest absolute Gasteiger partial charge is 0.387 e. The normalized spacial score (nSPS) is 30.4. The molecule has 1 saturated carbocycles. The zero-order valence-corrected chi connectivity index (χ0v) is 16.3. The summed E-state index contributed by atoms with van der Waals surface area (Å²) in [6.45, 7) is 0. The molecule has 8 nitrogen and oxygen atoms in total. The molecule has 4 rings (SSSR count). The van der Waals surface area contributed by atoms with E-state index in [0.717, 1.165) is 12.8 Å². The molecule has 0 spiro atoms. The summed E-state index contributed by atoms with van der Waals surface area (Å²) in [5.41, 5.74) is 1.06. The van der Waals surface area contributed by atoms with Crippen molar-refractivity contribution in [1.82, 2.24) is 19.5 Å². The molecule has 1 aliphatic carbocycles. The molecule has 2 aromatic rings. The average Bonchev–Trinajstić information content (AvgIpc) is 3.29. The van der Waals surface area contributed by atoms with Gasteiger partial charge in [-0.2, -0.15) is 9.97 Å². The van der Waals surface area contributed by atoms with Crippen molar-refractivity contribution in [2.24, 2.45) is 0 Å². The number of imidazole rings is 1. The van der Waals surface area contributed by atoms with Crippen LogP contribution in [-0.2, 0) is 4.74 Å². The molecule has 3 heterocycles. The number of aliphatic hydroxyl groups excluding tert-OH is 2. The summed E-state index contributed by atoms with van der Waals surface area (Å²) < 4.78 is 7.98. The third-order valence-electron chi connectivity index (χ3n) is 4.85. The number of alkyl halides is 1. The lowest BCUT2D eigenvalue weighted by Crippen LogP contribution is -2.32. The first-order valence-corrected chi connectivity index (χ1v) is 10.2. The van der Waals surface area contributed by atoms with Gasteiger partial charge in [0.2, 0.25) is 5.28 Å². The SMILES string of the molecule is O[C@@H]1[C@H](O)[C@@H](CI)O[C@H]1n1cnc2c(NC3CCCC3)nc(Cl)nc21. The number of anilines is 1. The summed E-state index contributed by atoms with van der Waals surface area (Å²) in [5.74, 6) is 0.596. The van der Waals surface area contributed by atoms with E-state index in [-0.39, 0.29) is 5.28 Å². The second kappa shape index (κ2) is 7.10. The molecular formula is C15H19ClIN5O3. The van der Waals surface area contributed by atoms with Crippen LogP contribution < -0.4 is 5.32 Å². The highest BCUT2D eigenvalue weighted by atomic mass is 127. The topological polar surface area (TPSA) is 105 Å². The Kier molecular flexibility index (Phi) is 5.02. The predicted molar refractivity (Wildman–Crippen MR) is 101 cm³/mol. The molecule has 0 aromatic carbocycles. The van der Waals surface area contributed by atoms with E-state index in [1.165, 1.54) is 12.8 Å². The van der Waals surface area contributed by atoms with Crippen LogP contribution in [0, 0.1) is 0 Å². The van der Waals surface area contributed by atoms with E-state index in [4.69, 9.17) is 16.3 Å². The highest BCUT2D eigenvalue weighted by Gasteiger charge is 2.43. The van der Waals surface area contributed by atoms with Crippen LogP contribution in [0.1, 0.15) is 31.9 Å². The maximum atomic E-state index is 10.3. The maximum absolute atomic E-state index is 10.3. The molecule has 25 heavy (non-hydrogen) atoms. The Bertz CT molecular complexity index is 769. The highest BCUT2D eigenvalue weighted by Crippen LogP contribution is 2.34. The number of hydrogen-bond acceptors (Lipinski definition) is 7. The lowest BCUT2D eigenvalue weighted by Gasteiger charge is -2.17. The number of nitrogens with zero attached hydrogens (tertiary/aromatic N) is 4. The third-order valence-corrected chi connectivity index (χ3v) is 5.89. The van der Waals surface area contributed by atoms with Crippen LogP contribution in [0.25, 0.3) is 11.2 Å². The van der Waals surface area contributed by atoms with Crippen molar-refractivity contribution >= 4 is 51.2 Å². The minimum absolute atomic E-state index is 0.105. The molecule has 3 N–H and O–H groups in total. The van der Waals surface area contributed by atoms with Crippen molar-refractivity contribution in [2.45, 2.75) is 56.3 Å². The Morgan fingerprint density at radius 3 is 2.72 bits per heavy atom. The van der Waals surface area contributed by atoms with Crippen LogP contribution in [-0.4, -0.2) is 58.5 Å². The van der Waals surface area contributed by atoms with Crippen molar-refractivity contribution in [3.05, 3.63) is 11.6 Å². The second-order valence-corrected chi connectivity index (χ2v) is 7.71. The van der Waals surface area contributed by atoms with Gasteiger partial charge in [-0.05, 0) is 24.4 Å². The van der Waals surface area contributed by atoms with E-state index in [0.29, 0.717) is 27.5 Å². The second-order valence-electron chi connectivity index (χ2n) is 6.49. The lowest BCUT2D eigenvalue weighted by molar-refractivity contribution is -0.0283. The first-order valence-electron chi connectivity index (χ1n) is 8.32. The predicted octanol–water partition coefficient (Wildman–Crippen LogP) is 1.89. The number of nitrogens with one attached hydrogen (secondary N) is 1. The summed E-state index contributed by atoms with van der Waals surface area (Å²) in [4.78, 5) is 12.9. The summed E-state index contributed by atoms with van der Waals surface area (Å²) in [5, 5.41) is 24.0. The van der Waals surface area contributed by atoms with Crippen LogP contribution in [0.3, 0.4) is 0 Å². The quantitative estimate of drug-likeness (QED) is 0.349. The number of hydrogen-bond donors (Lipinski definition) is 3. The number of aliphatic hydroxyl groups is 2. The number of fused-ring (bicyclic) bond motifs is 1. The molecule has 0 radical (unpaired) electrons. The van der Waals surface area contributed by atoms with E-state index in [1.54, 1.807) is 10.9 Å². The van der Waals surface area contributed by atoms with E-state index in [2.05, 4.69) is 42.9 Å². The molecule has 10 heteroatoms. The number of ether oxygens (including phenoxy) is 1. The van der Waals surface area contributed by atoms with Crippen LogP contribution in [0.2, 0.25) is 5.28 Å². The summed E-state index contributed by atoms with van der Waals surface area (Å²) in [7, 11) is 0. The summed E-state index contributed by atoms with van der Waals surface area (Å²) in [6.07, 6.45) is 2.93. The Balaban J connectivity index is 1.70. The molecule has 136 valence electrons. The number of halogens is 2. The summed E-state index contributed by atoms with van der Waals surface area (Å²) in [6, 6.07) is 0.359. The van der Waals surface area contributed by atoms with Crippen molar-refractivity contribution in [2.75, 3.05) is 9.74 Å². The van der Waals surface area contributed by atoms with Crippen LogP contribution >= 0.6 is 34.2 Å². The first-order chi connectivity index (χ1) is 12.1. The van der Waals surface area contributed by atoms with Crippen LogP contribution in [0.4, 0.5) is 5.82 Å². The minimum Gasteiger partial charge on any atom is -0.387 e. The first kappa shape index (κ1) is 17.7. The summed E-state index contributed by atoms with van der Waals surface area (Å²) >= 11 is 8.23. The zero-order valence-electron chi connectivity index (χ0n) is 13.3. The Morgan fingerprint density at radius 1 is 1.28 bits per heavy atom. The molecule has 1 saturated heterocycles. The van der Waals surface area contributed by atoms with Gasteiger partial charge in [0.15, 0.2) is 23.2 Å². The molecular weight excluding hydrogens is 461 g/mol. The fourth-order valence-electron chi connectivity index (χ4n) is 3.53. The standard InChI is InChI=1S/C15H19ClIN5O3/c16-15-20-12(19-7-3-1-2-4-7)9-13(21-15)22(6-18-9)14-11(24)10(23)8(5-17)25-14/h6-8,10-11,14,23-24H,1-5H2,(H,19,20,21)/t8-,10-,11-,14-/m1/s1. The van der Waals surface area contributed by atoms with Gasteiger partial charge in [-0.15, -0.1) is 0 Å². The lowest BCUT2D eigenvalue weighted by atomic mass is 10.1. The monoisotopic (exact) mass is 479 g/mol. The van der Waals surface area contributed by atoms with E-state index in [9.17, 15) is 10.2 Å². The molecule has 2 aliphatic rings. The molecule has 2 aromatic heterocycles. The number of aromatic nitrogens is 4. The average molecular weight is 480 g/mol. The van der Waals surface area contributed by atoms with Gasteiger partial charge in [0.1, 0.15) is 12.2 Å². The highest BCUT2D eigenvalue weighted by molar-refractivity contribution is 14.1. The molecule has 0 amide bonds. The molecule has 2 fully saturated rings. The van der Waals surface area contributed by atoms with E-state index < -0.39 is 24.5 Å². The van der Waals surface area contributed by atoms with Gasteiger partial charge < -0.3 is 20.3 Å². The van der Waals surface area contributed by atoms with Crippen LogP contribution in [0.5, 0.6) is 0 Å². The molecule has 4 atom stereocenters. The Labute approximate surface area is 163 Å².